The lowest BCUT2D eigenvalue weighted by atomic mass is 10.1. The molecule has 0 saturated carbocycles. The van der Waals surface area contributed by atoms with Gasteiger partial charge in [-0.05, 0) is 56.4 Å². The number of amides is 1. The van der Waals surface area contributed by atoms with Gasteiger partial charge in [0.25, 0.3) is 5.91 Å². The van der Waals surface area contributed by atoms with Crippen LogP contribution >= 0.6 is 11.3 Å². The van der Waals surface area contributed by atoms with Gasteiger partial charge in [-0.3, -0.25) is 4.79 Å². The van der Waals surface area contributed by atoms with E-state index in [4.69, 9.17) is 4.74 Å². The molecule has 4 nitrogen and oxygen atoms in total. The molecule has 1 aliphatic rings. The zero-order valence-corrected chi connectivity index (χ0v) is 14.8. The van der Waals surface area contributed by atoms with Gasteiger partial charge in [-0.15, -0.1) is 11.3 Å². The highest BCUT2D eigenvalue weighted by molar-refractivity contribution is 7.14. The van der Waals surface area contributed by atoms with E-state index in [2.05, 4.69) is 5.32 Å². The van der Waals surface area contributed by atoms with Gasteiger partial charge in [0.2, 0.25) is 0 Å². The fourth-order valence-corrected chi connectivity index (χ4v) is 3.97. The monoisotopic (exact) mass is 361 g/mol. The Labute approximate surface area is 150 Å². The molecule has 132 valence electrons. The van der Waals surface area contributed by atoms with E-state index in [1.165, 1.54) is 53.3 Å². The molecule has 2 aromatic rings. The van der Waals surface area contributed by atoms with Gasteiger partial charge in [0.05, 0.1) is 5.69 Å². The number of carbonyl (C=O) groups excluding carboxylic acids is 2. The molecule has 3 rings (SSSR count). The minimum atomic E-state index is -1.01. The number of carbonyl (C=O) groups is 2. The number of hydrogen-bond acceptors (Lipinski definition) is 4. The highest BCUT2D eigenvalue weighted by Crippen LogP contribution is 2.29. The van der Waals surface area contributed by atoms with Crippen molar-refractivity contribution in [2.45, 2.75) is 45.1 Å². The van der Waals surface area contributed by atoms with Crippen molar-refractivity contribution < 1.29 is 18.7 Å². The summed E-state index contributed by atoms with van der Waals surface area (Å²) in [6.45, 7) is 1.48. The predicted molar refractivity (Wildman–Crippen MR) is 95.5 cm³/mol. The number of fused-ring (bicyclic) bond motifs is 1. The van der Waals surface area contributed by atoms with Crippen molar-refractivity contribution >= 4 is 28.9 Å². The third-order valence-corrected chi connectivity index (χ3v) is 5.45. The summed E-state index contributed by atoms with van der Waals surface area (Å²) < 4.78 is 18.8. The molecule has 0 aliphatic heterocycles. The van der Waals surface area contributed by atoms with Crippen LogP contribution in [0.5, 0.6) is 0 Å². The maximum atomic E-state index is 13.6. The minimum Gasteiger partial charge on any atom is -0.448 e. The Morgan fingerprint density at radius 3 is 2.76 bits per heavy atom. The van der Waals surface area contributed by atoms with Crippen molar-refractivity contribution in [3.8, 4) is 0 Å². The lowest BCUT2D eigenvalue weighted by Crippen LogP contribution is -2.30. The number of rotatable bonds is 4. The molecule has 1 aromatic carbocycles. The quantitative estimate of drug-likeness (QED) is 0.651. The topological polar surface area (TPSA) is 55.4 Å². The first-order chi connectivity index (χ1) is 12.0. The number of para-hydroxylation sites is 1. The predicted octanol–water partition coefficient (Wildman–Crippen LogP) is 4.34. The summed E-state index contributed by atoms with van der Waals surface area (Å²) in [6.07, 6.45) is 4.48. The first kappa shape index (κ1) is 17.6. The van der Waals surface area contributed by atoms with Crippen LogP contribution in [0.25, 0.3) is 0 Å². The highest BCUT2D eigenvalue weighted by atomic mass is 32.1. The van der Waals surface area contributed by atoms with Crippen LogP contribution in [0.15, 0.2) is 30.3 Å². The van der Waals surface area contributed by atoms with Crippen molar-refractivity contribution in [3.05, 3.63) is 51.5 Å². The van der Waals surface area contributed by atoms with Gasteiger partial charge < -0.3 is 10.1 Å². The largest absolute Gasteiger partial charge is 0.448 e. The summed E-state index contributed by atoms with van der Waals surface area (Å²) in [5.74, 6) is -1.60. The number of anilines is 1. The van der Waals surface area contributed by atoms with Gasteiger partial charge in [0, 0.05) is 4.88 Å². The smallest absolute Gasteiger partial charge is 0.349 e. The number of hydrogen-bond donors (Lipinski definition) is 1. The molecule has 0 unspecified atom stereocenters. The average Bonchev–Trinajstić information content (AvgIpc) is 2.88. The standard InChI is InChI=1S/C19H20FNO3S/c1-12(18(22)21-15-9-6-5-8-14(15)20)24-19(23)17-11-13-7-3-2-4-10-16(13)25-17/h5-6,8-9,11-12H,2-4,7,10H2,1H3,(H,21,22)/t12-/m1/s1. The Kier molecular flexibility index (Phi) is 5.48. The molecule has 1 amide bonds. The molecule has 1 heterocycles. The Hall–Kier alpha value is -2.21. The van der Waals surface area contributed by atoms with Crippen LogP contribution in [0.4, 0.5) is 10.1 Å². The summed E-state index contributed by atoms with van der Waals surface area (Å²) in [7, 11) is 0. The normalized spacial score (nSPS) is 15.0. The van der Waals surface area contributed by atoms with E-state index >= 15 is 0 Å². The molecule has 0 radical (unpaired) electrons. The molecule has 6 heteroatoms. The maximum absolute atomic E-state index is 13.6. The third-order valence-electron chi connectivity index (χ3n) is 4.23. The molecule has 25 heavy (non-hydrogen) atoms. The van der Waals surface area contributed by atoms with Gasteiger partial charge >= 0.3 is 5.97 Å². The van der Waals surface area contributed by atoms with Crippen LogP contribution < -0.4 is 5.32 Å². The van der Waals surface area contributed by atoms with Gasteiger partial charge in [-0.2, -0.15) is 0 Å². The summed E-state index contributed by atoms with van der Waals surface area (Å²) in [4.78, 5) is 26.2. The van der Waals surface area contributed by atoms with E-state index in [9.17, 15) is 14.0 Å². The molecule has 0 bridgehead atoms. The Bertz CT molecular complexity index is 763. The van der Waals surface area contributed by atoms with Crippen molar-refractivity contribution in [2.24, 2.45) is 0 Å². The Morgan fingerprint density at radius 2 is 1.96 bits per heavy atom. The summed E-state index contributed by atoms with van der Waals surface area (Å²) in [6, 6.07) is 7.75. The molecule has 1 atom stereocenters. The third kappa shape index (κ3) is 4.25. The average molecular weight is 361 g/mol. The van der Waals surface area contributed by atoms with Gasteiger partial charge in [0.15, 0.2) is 6.10 Å². The zero-order chi connectivity index (χ0) is 17.8. The first-order valence-corrected chi connectivity index (χ1v) is 9.24. The molecule has 0 fully saturated rings. The number of ether oxygens (including phenoxy) is 1. The van der Waals surface area contributed by atoms with Crippen LogP contribution in [-0.4, -0.2) is 18.0 Å². The van der Waals surface area contributed by atoms with E-state index in [1.54, 1.807) is 6.07 Å². The number of esters is 1. The van der Waals surface area contributed by atoms with Crippen LogP contribution in [0.1, 0.15) is 46.3 Å². The molecular weight excluding hydrogens is 341 g/mol. The number of nitrogens with one attached hydrogen (secondary N) is 1. The van der Waals surface area contributed by atoms with Crippen molar-refractivity contribution in [2.75, 3.05) is 5.32 Å². The second-order valence-corrected chi connectivity index (χ2v) is 7.27. The number of benzene rings is 1. The lowest BCUT2D eigenvalue weighted by Gasteiger charge is -2.13. The number of halogens is 1. The van der Waals surface area contributed by atoms with Crippen LogP contribution in [-0.2, 0) is 22.4 Å². The lowest BCUT2D eigenvalue weighted by molar-refractivity contribution is -0.123. The van der Waals surface area contributed by atoms with E-state index in [1.807, 2.05) is 6.07 Å². The zero-order valence-electron chi connectivity index (χ0n) is 14.0. The maximum Gasteiger partial charge on any atom is 0.349 e. The van der Waals surface area contributed by atoms with E-state index in [0.29, 0.717) is 4.88 Å². The van der Waals surface area contributed by atoms with Crippen molar-refractivity contribution in [1.29, 1.82) is 0 Å². The van der Waals surface area contributed by atoms with Crippen molar-refractivity contribution in [3.63, 3.8) is 0 Å². The fourth-order valence-electron chi connectivity index (χ4n) is 2.84. The first-order valence-electron chi connectivity index (χ1n) is 8.42. The van der Waals surface area contributed by atoms with Crippen molar-refractivity contribution in [1.82, 2.24) is 0 Å². The van der Waals surface area contributed by atoms with Gasteiger partial charge in [-0.25, -0.2) is 9.18 Å². The summed E-state index contributed by atoms with van der Waals surface area (Å²) in [5.41, 5.74) is 1.29. The fraction of sp³-hybridized carbons (Fsp3) is 0.368. The van der Waals surface area contributed by atoms with E-state index in [-0.39, 0.29) is 5.69 Å². The van der Waals surface area contributed by atoms with E-state index < -0.39 is 23.8 Å². The van der Waals surface area contributed by atoms with Gasteiger partial charge in [-0.1, -0.05) is 18.6 Å². The summed E-state index contributed by atoms with van der Waals surface area (Å²) >= 11 is 1.45. The SMILES string of the molecule is C[C@@H](OC(=O)c1cc2c(s1)CCCCC2)C(=O)Nc1ccccc1F. The number of aryl methyl sites for hydroxylation is 2. The van der Waals surface area contributed by atoms with Crippen LogP contribution in [0.2, 0.25) is 0 Å². The summed E-state index contributed by atoms with van der Waals surface area (Å²) in [5, 5.41) is 2.44. The second kappa shape index (κ2) is 7.78. The molecule has 0 saturated heterocycles. The Balaban J connectivity index is 1.62. The van der Waals surface area contributed by atoms with Crippen LogP contribution in [0.3, 0.4) is 0 Å². The molecular formula is C19H20FNO3S. The van der Waals surface area contributed by atoms with Crippen LogP contribution in [0, 0.1) is 5.82 Å². The Morgan fingerprint density at radius 1 is 1.20 bits per heavy atom. The number of thiophene rings is 1. The van der Waals surface area contributed by atoms with Gasteiger partial charge in [0.1, 0.15) is 10.7 Å². The minimum absolute atomic E-state index is 0.0678. The molecule has 1 aliphatic carbocycles. The molecule has 1 N–H and O–H groups in total. The highest BCUT2D eigenvalue weighted by Gasteiger charge is 2.23. The molecule has 1 aromatic heterocycles. The second-order valence-electron chi connectivity index (χ2n) is 6.14. The van der Waals surface area contributed by atoms with E-state index in [0.717, 1.165) is 25.7 Å². The molecule has 0 spiro atoms.